The summed E-state index contributed by atoms with van der Waals surface area (Å²) in [5, 5.41) is 2.13. The van der Waals surface area contributed by atoms with E-state index in [1.807, 2.05) is 18.7 Å². The van der Waals surface area contributed by atoms with E-state index in [2.05, 4.69) is 39.0 Å². The van der Waals surface area contributed by atoms with Gasteiger partial charge in [-0.2, -0.15) is 0 Å². The molecule has 0 aliphatic heterocycles. The Balaban J connectivity index is 2.25. The van der Waals surface area contributed by atoms with Crippen LogP contribution in [0, 0.1) is 20.8 Å². The molecule has 0 saturated heterocycles. The topological polar surface area (TPSA) is 33.2 Å². The fourth-order valence-electron chi connectivity index (χ4n) is 2.68. The molecule has 0 radical (unpaired) electrons. The molecule has 22 heavy (non-hydrogen) atoms. The molecular weight excluding hydrogens is 292 g/mol. The molecule has 118 valence electrons. The van der Waals surface area contributed by atoms with E-state index in [1.54, 1.807) is 0 Å². The van der Waals surface area contributed by atoms with Crippen LogP contribution in [-0.4, -0.2) is 34.6 Å². The number of nitrogens with zero attached hydrogens (tertiary/aromatic N) is 2. The van der Waals surface area contributed by atoms with Crippen LogP contribution < -0.4 is 0 Å². The molecular formula is C18H24N2OS. The van der Waals surface area contributed by atoms with Crippen molar-refractivity contribution in [1.82, 2.24) is 9.88 Å². The summed E-state index contributed by atoms with van der Waals surface area (Å²) in [7, 11) is 0. The van der Waals surface area contributed by atoms with Crippen molar-refractivity contribution in [2.75, 3.05) is 18.8 Å². The van der Waals surface area contributed by atoms with Gasteiger partial charge in [0.05, 0.1) is 11.3 Å². The molecule has 3 nitrogen and oxygen atoms in total. The Kier molecular flexibility index (Phi) is 5.46. The van der Waals surface area contributed by atoms with Gasteiger partial charge in [-0.15, -0.1) is 0 Å². The lowest BCUT2D eigenvalue weighted by Crippen LogP contribution is -2.31. The van der Waals surface area contributed by atoms with Gasteiger partial charge < -0.3 is 4.90 Å². The fourth-order valence-corrected chi connectivity index (χ4v) is 3.57. The monoisotopic (exact) mass is 316 g/mol. The zero-order valence-electron chi connectivity index (χ0n) is 14.1. The molecule has 0 saturated carbocycles. The van der Waals surface area contributed by atoms with E-state index in [9.17, 15) is 4.79 Å². The molecule has 2 aromatic rings. The minimum Gasteiger partial charge on any atom is -0.343 e. The first-order chi connectivity index (χ1) is 10.5. The summed E-state index contributed by atoms with van der Waals surface area (Å²) in [6, 6.07) is 6.49. The third-order valence-electron chi connectivity index (χ3n) is 3.85. The first-order valence-corrected chi connectivity index (χ1v) is 8.74. The van der Waals surface area contributed by atoms with Crippen molar-refractivity contribution in [2.45, 2.75) is 39.6 Å². The van der Waals surface area contributed by atoms with Crippen molar-refractivity contribution in [2.24, 2.45) is 0 Å². The van der Waals surface area contributed by atoms with Gasteiger partial charge in [0.1, 0.15) is 5.03 Å². The minimum absolute atomic E-state index is 0.178. The van der Waals surface area contributed by atoms with Gasteiger partial charge in [0.25, 0.3) is 0 Å². The van der Waals surface area contributed by atoms with Gasteiger partial charge in [-0.3, -0.25) is 4.79 Å². The van der Waals surface area contributed by atoms with Gasteiger partial charge in [-0.1, -0.05) is 23.4 Å². The van der Waals surface area contributed by atoms with Gasteiger partial charge in [-0.25, -0.2) is 4.98 Å². The normalized spacial score (nSPS) is 11.0. The molecule has 0 N–H and O–H groups in total. The van der Waals surface area contributed by atoms with E-state index in [0.29, 0.717) is 5.75 Å². The maximum absolute atomic E-state index is 12.1. The first kappa shape index (κ1) is 16.8. The molecule has 2 rings (SSSR count). The standard InChI is InChI=1S/C18H24N2OS/c1-6-20(7-2)16(21)11-22-18-14(5)10-15-9-12(3)8-13(4)17(15)19-18/h8-10H,6-7,11H2,1-5H3. The Morgan fingerprint density at radius 3 is 2.41 bits per heavy atom. The van der Waals surface area contributed by atoms with Crippen LogP contribution in [0.15, 0.2) is 23.2 Å². The summed E-state index contributed by atoms with van der Waals surface area (Å²) in [6.45, 7) is 11.8. The number of pyridine rings is 1. The highest BCUT2D eigenvalue weighted by atomic mass is 32.2. The van der Waals surface area contributed by atoms with Crippen LogP contribution >= 0.6 is 11.8 Å². The number of rotatable bonds is 5. The van der Waals surface area contributed by atoms with E-state index in [0.717, 1.165) is 29.2 Å². The molecule has 0 bridgehead atoms. The smallest absolute Gasteiger partial charge is 0.232 e. The van der Waals surface area contributed by atoms with Crippen molar-refractivity contribution in [3.8, 4) is 0 Å². The van der Waals surface area contributed by atoms with Crippen LogP contribution in [0.1, 0.15) is 30.5 Å². The van der Waals surface area contributed by atoms with Gasteiger partial charge in [0, 0.05) is 18.5 Å². The molecule has 1 heterocycles. The lowest BCUT2D eigenvalue weighted by atomic mass is 10.1. The predicted molar refractivity (Wildman–Crippen MR) is 94.6 cm³/mol. The Bertz CT molecular complexity index is 693. The Hall–Kier alpha value is -1.55. The summed E-state index contributed by atoms with van der Waals surface area (Å²) in [5.74, 6) is 0.628. The quantitative estimate of drug-likeness (QED) is 0.778. The number of benzene rings is 1. The number of hydrogen-bond acceptors (Lipinski definition) is 3. The highest BCUT2D eigenvalue weighted by Crippen LogP contribution is 2.27. The van der Waals surface area contributed by atoms with Gasteiger partial charge >= 0.3 is 0 Å². The number of thioether (sulfide) groups is 1. The Labute approximate surface area is 137 Å². The zero-order valence-corrected chi connectivity index (χ0v) is 14.9. The van der Waals surface area contributed by atoms with Crippen LogP contribution in [0.25, 0.3) is 10.9 Å². The second-order valence-corrected chi connectivity index (χ2v) is 6.58. The third kappa shape index (κ3) is 3.61. The van der Waals surface area contributed by atoms with Crippen molar-refractivity contribution in [1.29, 1.82) is 0 Å². The first-order valence-electron chi connectivity index (χ1n) is 7.75. The maximum Gasteiger partial charge on any atom is 0.232 e. The van der Waals surface area contributed by atoms with Crippen LogP contribution in [-0.2, 0) is 4.79 Å². The summed E-state index contributed by atoms with van der Waals surface area (Å²) in [5.41, 5.74) is 4.61. The summed E-state index contributed by atoms with van der Waals surface area (Å²) < 4.78 is 0. The largest absolute Gasteiger partial charge is 0.343 e. The number of hydrogen-bond donors (Lipinski definition) is 0. The number of amides is 1. The Morgan fingerprint density at radius 1 is 1.09 bits per heavy atom. The summed E-state index contributed by atoms with van der Waals surface area (Å²) >= 11 is 1.54. The van der Waals surface area contributed by atoms with Crippen LogP contribution in [0.4, 0.5) is 0 Å². The molecule has 0 atom stereocenters. The van der Waals surface area contributed by atoms with E-state index in [-0.39, 0.29) is 5.91 Å². The lowest BCUT2D eigenvalue weighted by molar-refractivity contribution is -0.127. The highest BCUT2D eigenvalue weighted by molar-refractivity contribution is 7.99. The lowest BCUT2D eigenvalue weighted by Gasteiger charge is -2.18. The number of aromatic nitrogens is 1. The van der Waals surface area contributed by atoms with Gasteiger partial charge in [0.2, 0.25) is 5.91 Å². The highest BCUT2D eigenvalue weighted by Gasteiger charge is 2.12. The van der Waals surface area contributed by atoms with Crippen molar-refractivity contribution < 1.29 is 4.79 Å². The number of carbonyl (C=O) groups excluding carboxylic acids is 1. The van der Waals surface area contributed by atoms with Crippen LogP contribution in [0.2, 0.25) is 0 Å². The molecule has 0 spiro atoms. The van der Waals surface area contributed by atoms with Crippen LogP contribution in [0.3, 0.4) is 0 Å². The van der Waals surface area contributed by atoms with E-state index in [1.165, 1.54) is 28.3 Å². The second-order valence-electron chi connectivity index (χ2n) is 5.62. The van der Waals surface area contributed by atoms with Crippen molar-refractivity contribution >= 4 is 28.6 Å². The molecule has 1 aromatic heterocycles. The van der Waals surface area contributed by atoms with E-state index >= 15 is 0 Å². The second kappa shape index (κ2) is 7.14. The molecule has 0 fully saturated rings. The van der Waals surface area contributed by atoms with Gasteiger partial charge in [0.15, 0.2) is 0 Å². The van der Waals surface area contributed by atoms with Gasteiger partial charge in [-0.05, 0) is 57.9 Å². The Morgan fingerprint density at radius 2 is 1.77 bits per heavy atom. The van der Waals surface area contributed by atoms with E-state index in [4.69, 9.17) is 4.98 Å². The summed E-state index contributed by atoms with van der Waals surface area (Å²) in [6.07, 6.45) is 0. The molecule has 0 unspecified atom stereocenters. The number of fused-ring (bicyclic) bond motifs is 1. The molecule has 4 heteroatoms. The van der Waals surface area contributed by atoms with Crippen molar-refractivity contribution in [3.63, 3.8) is 0 Å². The average Bonchev–Trinajstić information content (AvgIpc) is 2.46. The van der Waals surface area contributed by atoms with E-state index < -0.39 is 0 Å². The molecule has 0 aliphatic carbocycles. The zero-order chi connectivity index (χ0) is 16.3. The predicted octanol–water partition coefficient (Wildman–Crippen LogP) is 4.12. The number of carbonyl (C=O) groups is 1. The van der Waals surface area contributed by atoms with Crippen molar-refractivity contribution in [3.05, 3.63) is 34.9 Å². The average molecular weight is 316 g/mol. The third-order valence-corrected chi connectivity index (χ3v) is 4.92. The summed E-state index contributed by atoms with van der Waals surface area (Å²) in [4.78, 5) is 18.8. The minimum atomic E-state index is 0.178. The molecule has 1 amide bonds. The molecule has 0 aliphatic rings. The SMILES string of the molecule is CCN(CC)C(=O)CSc1nc2c(C)cc(C)cc2cc1C. The van der Waals surface area contributed by atoms with Crippen LogP contribution in [0.5, 0.6) is 0 Å². The number of aryl methyl sites for hydroxylation is 3. The fraction of sp³-hybridized carbons (Fsp3) is 0.444. The molecule has 1 aromatic carbocycles. The maximum atomic E-state index is 12.1.